The van der Waals surface area contributed by atoms with E-state index in [0.29, 0.717) is 12.0 Å². The van der Waals surface area contributed by atoms with Gasteiger partial charge in [0.1, 0.15) is 5.82 Å². The van der Waals surface area contributed by atoms with Gasteiger partial charge in [-0.05, 0) is 47.9 Å². The molecule has 0 aliphatic rings. The number of sulfone groups is 1. The van der Waals surface area contributed by atoms with Crippen molar-refractivity contribution in [2.75, 3.05) is 6.26 Å². The molecule has 2 aromatic rings. The van der Waals surface area contributed by atoms with Gasteiger partial charge in [0.05, 0.1) is 4.90 Å². The van der Waals surface area contributed by atoms with E-state index in [2.05, 4.69) is 15.9 Å². The molecule has 0 spiro atoms. The summed E-state index contributed by atoms with van der Waals surface area (Å²) in [5.74, 6) is -0.304. The summed E-state index contributed by atoms with van der Waals surface area (Å²) in [6.07, 6.45) is 1.49. The Bertz CT molecular complexity index is 745. The Morgan fingerprint density at radius 2 is 1.81 bits per heavy atom. The highest BCUT2D eigenvalue weighted by atomic mass is 79.9. The summed E-state index contributed by atoms with van der Waals surface area (Å²) in [5, 5.41) is 0. The molecule has 0 saturated heterocycles. The predicted molar refractivity (Wildman–Crippen MR) is 84.3 cm³/mol. The van der Waals surface area contributed by atoms with Gasteiger partial charge in [-0.25, -0.2) is 12.8 Å². The summed E-state index contributed by atoms with van der Waals surface area (Å²) in [5.41, 5.74) is 7.36. The molecule has 1 unspecified atom stereocenters. The second-order valence-electron chi connectivity index (χ2n) is 4.89. The summed E-state index contributed by atoms with van der Waals surface area (Å²) in [4.78, 5) is 0.243. The predicted octanol–water partition coefficient (Wildman–Crippen LogP) is 3.23. The molecule has 0 heterocycles. The highest BCUT2D eigenvalue weighted by Crippen LogP contribution is 2.22. The van der Waals surface area contributed by atoms with E-state index < -0.39 is 15.9 Å². The molecule has 0 bridgehead atoms. The Hall–Kier alpha value is -1.24. The minimum atomic E-state index is -3.22. The first-order chi connectivity index (χ1) is 9.77. The molecular weight excluding hydrogens is 357 g/mol. The molecule has 2 aromatic carbocycles. The average molecular weight is 372 g/mol. The van der Waals surface area contributed by atoms with Crippen LogP contribution in [0.4, 0.5) is 4.39 Å². The fourth-order valence-corrected chi connectivity index (χ4v) is 3.06. The van der Waals surface area contributed by atoms with Crippen LogP contribution < -0.4 is 5.73 Å². The molecule has 112 valence electrons. The number of nitrogens with two attached hydrogens (primary N) is 1. The largest absolute Gasteiger partial charge is 0.324 e. The third kappa shape index (κ3) is 4.12. The Kier molecular flexibility index (Phi) is 4.81. The zero-order chi connectivity index (χ0) is 15.6. The van der Waals surface area contributed by atoms with Gasteiger partial charge < -0.3 is 5.73 Å². The van der Waals surface area contributed by atoms with Crippen molar-refractivity contribution >= 4 is 25.8 Å². The first-order valence-electron chi connectivity index (χ1n) is 6.27. The number of hydrogen-bond acceptors (Lipinski definition) is 3. The summed E-state index contributed by atoms with van der Waals surface area (Å²) < 4.78 is 37.3. The van der Waals surface area contributed by atoms with Crippen molar-refractivity contribution in [1.29, 1.82) is 0 Å². The monoisotopic (exact) mass is 371 g/mol. The van der Waals surface area contributed by atoms with Crippen LogP contribution in [0.5, 0.6) is 0 Å². The Labute approximate surface area is 132 Å². The molecule has 6 heteroatoms. The van der Waals surface area contributed by atoms with Crippen LogP contribution in [0.25, 0.3) is 0 Å². The van der Waals surface area contributed by atoms with E-state index in [-0.39, 0.29) is 10.7 Å². The molecule has 0 saturated carbocycles. The lowest BCUT2D eigenvalue weighted by atomic mass is 9.99. The molecule has 0 amide bonds. The second kappa shape index (κ2) is 6.25. The minimum absolute atomic E-state index is 0.243. The highest BCUT2D eigenvalue weighted by Gasteiger charge is 2.13. The van der Waals surface area contributed by atoms with Gasteiger partial charge in [-0.2, -0.15) is 0 Å². The van der Waals surface area contributed by atoms with E-state index >= 15 is 0 Å². The van der Waals surface area contributed by atoms with Crippen LogP contribution in [-0.4, -0.2) is 14.7 Å². The molecule has 1 atom stereocenters. The Morgan fingerprint density at radius 3 is 2.38 bits per heavy atom. The fourth-order valence-electron chi connectivity index (χ4n) is 2.02. The number of rotatable bonds is 4. The van der Waals surface area contributed by atoms with Crippen molar-refractivity contribution in [2.24, 2.45) is 5.73 Å². The van der Waals surface area contributed by atoms with E-state index in [1.165, 1.54) is 18.2 Å². The maximum atomic E-state index is 13.7. The third-order valence-corrected chi connectivity index (χ3v) is 4.81. The lowest BCUT2D eigenvalue weighted by Crippen LogP contribution is -2.14. The SMILES string of the molecule is CS(=O)(=O)c1ccc(C(N)Cc2cc(Br)ccc2F)cc1. The third-order valence-electron chi connectivity index (χ3n) is 3.18. The quantitative estimate of drug-likeness (QED) is 0.897. The number of halogens is 2. The van der Waals surface area contributed by atoms with Gasteiger partial charge in [0.2, 0.25) is 0 Å². The molecule has 0 fully saturated rings. The molecular formula is C15H15BrFNO2S. The van der Waals surface area contributed by atoms with E-state index in [1.54, 1.807) is 24.3 Å². The minimum Gasteiger partial charge on any atom is -0.324 e. The van der Waals surface area contributed by atoms with Crippen LogP contribution in [0, 0.1) is 5.82 Å². The van der Waals surface area contributed by atoms with Crippen molar-refractivity contribution in [2.45, 2.75) is 17.4 Å². The van der Waals surface area contributed by atoms with Gasteiger partial charge in [-0.1, -0.05) is 28.1 Å². The standard InChI is InChI=1S/C15H15BrFNO2S/c1-21(19,20)13-5-2-10(3-6-13)15(18)9-11-8-12(16)4-7-14(11)17/h2-8,15H,9,18H2,1H3. The van der Waals surface area contributed by atoms with E-state index in [9.17, 15) is 12.8 Å². The zero-order valence-electron chi connectivity index (χ0n) is 11.4. The van der Waals surface area contributed by atoms with Crippen LogP contribution >= 0.6 is 15.9 Å². The number of hydrogen-bond donors (Lipinski definition) is 1. The summed E-state index contributed by atoms with van der Waals surface area (Å²) >= 11 is 3.30. The molecule has 0 radical (unpaired) electrons. The molecule has 21 heavy (non-hydrogen) atoms. The van der Waals surface area contributed by atoms with Crippen molar-refractivity contribution < 1.29 is 12.8 Å². The van der Waals surface area contributed by atoms with Crippen LogP contribution in [0.15, 0.2) is 51.8 Å². The van der Waals surface area contributed by atoms with Crippen LogP contribution in [0.2, 0.25) is 0 Å². The Balaban J connectivity index is 2.20. The smallest absolute Gasteiger partial charge is 0.175 e. The molecule has 0 aromatic heterocycles. The van der Waals surface area contributed by atoms with E-state index in [4.69, 9.17) is 5.73 Å². The van der Waals surface area contributed by atoms with Gasteiger partial charge >= 0.3 is 0 Å². The van der Waals surface area contributed by atoms with Crippen molar-refractivity contribution in [1.82, 2.24) is 0 Å². The first kappa shape index (κ1) is 16.1. The lowest BCUT2D eigenvalue weighted by Gasteiger charge is -2.13. The van der Waals surface area contributed by atoms with E-state index in [1.807, 2.05) is 0 Å². The summed E-state index contributed by atoms with van der Waals surface area (Å²) in [6, 6.07) is 10.7. The van der Waals surface area contributed by atoms with Gasteiger partial charge in [-0.15, -0.1) is 0 Å². The lowest BCUT2D eigenvalue weighted by molar-refractivity contribution is 0.592. The van der Waals surface area contributed by atoms with Crippen LogP contribution in [0.1, 0.15) is 17.2 Å². The van der Waals surface area contributed by atoms with Gasteiger partial charge in [-0.3, -0.25) is 0 Å². The normalized spacial score (nSPS) is 13.1. The summed E-state index contributed by atoms with van der Waals surface area (Å²) in [7, 11) is -3.22. The van der Waals surface area contributed by atoms with Crippen LogP contribution in [0.3, 0.4) is 0 Å². The fraction of sp³-hybridized carbons (Fsp3) is 0.200. The van der Waals surface area contributed by atoms with Gasteiger partial charge in [0.25, 0.3) is 0 Å². The highest BCUT2D eigenvalue weighted by molar-refractivity contribution is 9.10. The number of benzene rings is 2. The molecule has 3 nitrogen and oxygen atoms in total. The Morgan fingerprint density at radius 1 is 1.19 bits per heavy atom. The zero-order valence-corrected chi connectivity index (χ0v) is 13.8. The maximum Gasteiger partial charge on any atom is 0.175 e. The van der Waals surface area contributed by atoms with Gasteiger partial charge in [0.15, 0.2) is 9.84 Å². The first-order valence-corrected chi connectivity index (χ1v) is 8.95. The average Bonchev–Trinajstić information content (AvgIpc) is 2.42. The van der Waals surface area contributed by atoms with Crippen molar-refractivity contribution in [3.8, 4) is 0 Å². The van der Waals surface area contributed by atoms with Crippen molar-refractivity contribution in [3.63, 3.8) is 0 Å². The van der Waals surface area contributed by atoms with Crippen LogP contribution in [-0.2, 0) is 16.3 Å². The molecule has 0 aliphatic heterocycles. The van der Waals surface area contributed by atoms with Gasteiger partial charge in [0, 0.05) is 16.8 Å². The topological polar surface area (TPSA) is 60.2 Å². The molecule has 2 rings (SSSR count). The van der Waals surface area contributed by atoms with E-state index in [0.717, 1.165) is 16.3 Å². The molecule has 0 aliphatic carbocycles. The van der Waals surface area contributed by atoms with Crippen molar-refractivity contribution in [3.05, 3.63) is 63.9 Å². The molecule has 2 N–H and O–H groups in total. The maximum absolute atomic E-state index is 13.7. The summed E-state index contributed by atoms with van der Waals surface area (Å²) in [6.45, 7) is 0. The second-order valence-corrected chi connectivity index (χ2v) is 7.82.